The summed E-state index contributed by atoms with van der Waals surface area (Å²) in [4.78, 5) is 0. The molecular formula is C23H22O. The standard InChI is InChI=1S/C23H22O/c1-15-14-17-9-5-6-10-18(17)21(15)20-13-12-16-8-4-7-11-19(16)22(20)23(2,3)24/h4-14,21,24H,1-3H3. The van der Waals surface area contributed by atoms with Crippen LogP contribution in [0, 0.1) is 0 Å². The summed E-state index contributed by atoms with van der Waals surface area (Å²) in [5, 5.41) is 13.3. The van der Waals surface area contributed by atoms with Gasteiger partial charge in [-0.1, -0.05) is 72.3 Å². The van der Waals surface area contributed by atoms with Gasteiger partial charge in [-0.25, -0.2) is 0 Å². The summed E-state index contributed by atoms with van der Waals surface area (Å²) in [6, 6.07) is 21.3. The maximum atomic E-state index is 10.9. The normalized spacial score (nSPS) is 17.0. The van der Waals surface area contributed by atoms with E-state index in [4.69, 9.17) is 0 Å². The number of rotatable bonds is 2. The van der Waals surface area contributed by atoms with Gasteiger partial charge in [0.15, 0.2) is 0 Å². The van der Waals surface area contributed by atoms with Crippen LogP contribution in [0.25, 0.3) is 16.8 Å². The average Bonchev–Trinajstić information content (AvgIpc) is 2.88. The van der Waals surface area contributed by atoms with Crippen molar-refractivity contribution in [3.63, 3.8) is 0 Å². The molecule has 1 nitrogen and oxygen atoms in total. The molecule has 0 amide bonds. The minimum Gasteiger partial charge on any atom is -0.386 e. The van der Waals surface area contributed by atoms with Crippen LogP contribution in [0.3, 0.4) is 0 Å². The number of hydrogen-bond acceptors (Lipinski definition) is 1. The summed E-state index contributed by atoms with van der Waals surface area (Å²) in [6.07, 6.45) is 2.27. The van der Waals surface area contributed by atoms with E-state index in [1.165, 1.54) is 27.6 Å². The van der Waals surface area contributed by atoms with E-state index >= 15 is 0 Å². The summed E-state index contributed by atoms with van der Waals surface area (Å²) in [6.45, 7) is 5.96. The Morgan fingerprint density at radius 3 is 2.33 bits per heavy atom. The zero-order valence-corrected chi connectivity index (χ0v) is 14.4. The van der Waals surface area contributed by atoms with Crippen LogP contribution >= 0.6 is 0 Å². The van der Waals surface area contributed by atoms with Crippen molar-refractivity contribution in [1.29, 1.82) is 0 Å². The third kappa shape index (κ3) is 2.28. The van der Waals surface area contributed by atoms with Gasteiger partial charge in [0.25, 0.3) is 0 Å². The van der Waals surface area contributed by atoms with Crippen LogP contribution < -0.4 is 0 Å². The summed E-state index contributed by atoms with van der Waals surface area (Å²) < 4.78 is 0. The summed E-state index contributed by atoms with van der Waals surface area (Å²) in [5.41, 5.74) is 5.30. The first kappa shape index (κ1) is 15.2. The molecule has 3 aromatic rings. The molecule has 0 aromatic heterocycles. The van der Waals surface area contributed by atoms with E-state index in [1.807, 2.05) is 26.0 Å². The van der Waals surface area contributed by atoms with Gasteiger partial charge in [-0.15, -0.1) is 0 Å². The van der Waals surface area contributed by atoms with Gasteiger partial charge in [0.1, 0.15) is 0 Å². The Morgan fingerprint density at radius 2 is 1.54 bits per heavy atom. The van der Waals surface area contributed by atoms with Gasteiger partial charge in [0.2, 0.25) is 0 Å². The lowest BCUT2D eigenvalue weighted by Gasteiger charge is -2.28. The van der Waals surface area contributed by atoms with Crippen LogP contribution in [0.15, 0.2) is 66.2 Å². The topological polar surface area (TPSA) is 20.2 Å². The highest BCUT2D eigenvalue weighted by atomic mass is 16.3. The molecule has 3 aromatic carbocycles. The van der Waals surface area contributed by atoms with Crippen molar-refractivity contribution >= 4 is 16.8 Å². The Balaban J connectivity index is 2.03. The lowest BCUT2D eigenvalue weighted by molar-refractivity contribution is 0.0791. The SMILES string of the molecule is CC1=Cc2ccccc2C1c1ccc2ccccc2c1C(C)(C)O. The minimum atomic E-state index is -0.895. The van der Waals surface area contributed by atoms with E-state index in [0.29, 0.717) is 0 Å². The van der Waals surface area contributed by atoms with Crippen LogP contribution in [-0.4, -0.2) is 5.11 Å². The third-order valence-corrected chi connectivity index (χ3v) is 5.03. The summed E-state index contributed by atoms with van der Waals surface area (Å²) in [7, 11) is 0. The van der Waals surface area contributed by atoms with Crippen molar-refractivity contribution in [2.45, 2.75) is 32.3 Å². The van der Waals surface area contributed by atoms with Gasteiger partial charge in [-0.3, -0.25) is 0 Å². The van der Waals surface area contributed by atoms with Crippen LogP contribution in [0.2, 0.25) is 0 Å². The van der Waals surface area contributed by atoms with Gasteiger partial charge >= 0.3 is 0 Å². The molecule has 0 aliphatic heterocycles. The zero-order valence-electron chi connectivity index (χ0n) is 14.4. The fourth-order valence-corrected chi connectivity index (χ4v) is 4.10. The molecule has 24 heavy (non-hydrogen) atoms. The average molecular weight is 314 g/mol. The molecule has 0 saturated heterocycles. The summed E-state index contributed by atoms with van der Waals surface area (Å²) >= 11 is 0. The van der Waals surface area contributed by atoms with Crippen molar-refractivity contribution in [2.24, 2.45) is 0 Å². The van der Waals surface area contributed by atoms with E-state index in [2.05, 4.69) is 61.5 Å². The molecule has 1 aliphatic carbocycles. The second-order valence-electron chi connectivity index (χ2n) is 7.26. The quantitative estimate of drug-likeness (QED) is 0.651. The zero-order chi connectivity index (χ0) is 16.9. The number of allylic oxidation sites excluding steroid dienone is 1. The number of hydrogen-bond donors (Lipinski definition) is 1. The molecular weight excluding hydrogens is 292 g/mol. The molecule has 0 radical (unpaired) electrons. The summed E-state index contributed by atoms with van der Waals surface area (Å²) in [5.74, 6) is 0.215. The monoisotopic (exact) mass is 314 g/mol. The van der Waals surface area contributed by atoms with Gasteiger partial charge in [0.05, 0.1) is 5.60 Å². The Kier molecular flexibility index (Phi) is 3.36. The largest absolute Gasteiger partial charge is 0.386 e. The van der Waals surface area contributed by atoms with Crippen molar-refractivity contribution < 1.29 is 5.11 Å². The molecule has 0 spiro atoms. The molecule has 1 atom stereocenters. The Labute approximate surface area is 143 Å². The molecule has 120 valence electrons. The Hall–Kier alpha value is -2.38. The second kappa shape index (κ2) is 5.32. The third-order valence-electron chi connectivity index (χ3n) is 5.03. The lowest BCUT2D eigenvalue weighted by Crippen LogP contribution is -2.20. The molecule has 1 aliphatic rings. The number of fused-ring (bicyclic) bond motifs is 2. The highest BCUT2D eigenvalue weighted by molar-refractivity contribution is 5.88. The highest BCUT2D eigenvalue weighted by Gasteiger charge is 2.31. The van der Waals surface area contributed by atoms with Crippen LogP contribution in [0.1, 0.15) is 48.9 Å². The first-order valence-corrected chi connectivity index (χ1v) is 8.48. The molecule has 1 heteroatoms. The highest BCUT2D eigenvalue weighted by Crippen LogP contribution is 2.45. The predicted molar refractivity (Wildman–Crippen MR) is 101 cm³/mol. The fraction of sp³-hybridized carbons (Fsp3) is 0.217. The van der Waals surface area contributed by atoms with Gasteiger partial charge in [-0.2, -0.15) is 0 Å². The fourth-order valence-electron chi connectivity index (χ4n) is 4.10. The van der Waals surface area contributed by atoms with Gasteiger partial charge in [-0.05, 0) is 53.8 Å². The number of benzene rings is 3. The maximum Gasteiger partial charge on any atom is 0.0849 e. The van der Waals surface area contributed by atoms with E-state index in [9.17, 15) is 5.11 Å². The Morgan fingerprint density at radius 1 is 0.833 bits per heavy atom. The van der Waals surface area contributed by atoms with E-state index in [-0.39, 0.29) is 5.92 Å². The molecule has 0 bridgehead atoms. The van der Waals surface area contributed by atoms with Crippen molar-refractivity contribution in [1.82, 2.24) is 0 Å². The van der Waals surface area contributed by atoms with E-state index < -0.39 is 5.60 Å². The first-order valence-electron chi connectivity index (χ1n) is 8.48. The second-order valence-corrected chi connectivity index (χ2v) is 7.26. The smallest absolute Gasteiger partial charge is 0.0849 e. The number of aliphatic hydroxyl groups is 1. The van der Waals surface area contributed by atoms with Crippen molar-refractivity contribution in [3.05, 3.63) is 88.5 Å². The van der Waals surface area contributed by atoms with Gasteiger partial charge in [0, 0.05) is 5.92 Å². The van der Waals surface area contributed by atoms with E-state index in [0.717, 1.165) is 10.9 Å². The Bertz CT molecular complexity index is 957. The molecule has 0 heterocycles. The van der Waals surface area contributed by atoms with Gasteiger partial charge < -0.3 is 5.11 Å². The molecule has 0 saturated carbocycles. The van der Waals surface area contributed by atoms with Crippen molar-refractivity contribution in [3.8, 4) is 0 Å². The lowest BCUT2D eigenvalue weighted by atomic mass is 9.79. The molecule has 4 rings (SSSR count). The molecule has 1 unspecified atom stereocenters. The van der Waals surface area contributed by atoms with E-state index in [1.54, 1.807) is 0 Å². The van der Waals surface area contributed by atoms with Crippen molar-refractivity contribution in [2.75, 3.05) is 0 Å². The predicted octanol–water partition coefficient (Wildman–Crippen LogP) is 5.62. The molecule has 1 N–H and O–H groups in total. The van der Waals surface area contributed by atoms with Crippen LogP contribution in [-0.2, 0) is 5.60 Å². The van der Waals surface area contributed by atoms with Crippen LogP contribution in [0.5, 0.6) is 0 Å². The first-order chi connectivity index (χ1) is 11.5. The minimum absolute atomic E-state index is 0.215. The molecule has 0 fully saturated rings. The van der Waals surface area contributed by atoms with Crippen LogP contribution in [0.4, 0.5) is 0 Å². The maximum absolute atomic E-state index is 10.9.